The number of ether oxygens (including phenoxy) is 4. The lowest BCUT2D eigenvalue weighted by Gasteiger charge is -2.27. The van der Waals surface area contributed by atoms with Crippen LogP contribution < -0.4 is 86.3 Å². The fourth-order valence-corrected chi connectivity index (χ4v) is 23.6. The van der Waals surface area contributed by atoms with Crippen molar-refractivity contribution in [2.24, 2.45) is 17.2 Å². The monoisotopic (exact) mass is 1880 g/mol. The lowest BCUT2D eigenvalue weighted by molar-refractivity contribution is -0.120. The summed E-state index contributed by atoms with van der Waals surface area (Å²) in [5, 5.41) is 18.2. The molecule has 0 bridgehead atoms. The van der Waals surface area contributed by atoms with Crippen molar-refractivity contribution in [3.05, 3.63) is 190 Å². The molecular weight excluding hydrogens is 1760 g/mol. The molecule has 19 N–H and O–H groups in total. The van der Waals surface area contributed by atoms with E-state index in [0.717, 1.165) is 192 Å². The Morgan fingerprint density at radius 1 is 0.391 bits per heavy atom. The third-order valence-corrected chi connectivity index (χ3v) is 31.0. The molecule has 0 unspecified atom stereocenters. The van der Waals surface area contributed by atoms with Gasteiger partial charge >= 0.3 is 0 Å². The fraction of sp³-hybridized carbons (Fsp3) is 0.443. The van der Waals surface area contributed by atoms with Gasteiger partial charge in [-0.2, -0.15) is 0 Å². The first-order valence-electron chi connectivity index (χ1n) is 45.9. The Hall–Kier alpha value is -11.4. The number of carbonyl (C=O) groups excluding carboxylic acids is 5. The number of fused-ring (bicyclic) bond motifs is 8. The van der Waals surface area contributed by atoms with Crippen molar-refractivity contribution in [3.63, 3.8) is 0 Å². The van der Waals surface area contributed by atoms with Gasteiger partial charge < -0.3 is 105 Å². The van der Waals surface area contributed by atoms with Gasteiger partial charge in [-0.25, -0.2) is 34.9 Å². The van der Waals surface area contributed by atoms with E-state index in [9.17, 15) is 24.0 Å². The second-order valence-corrected chi connectivity index (χ2v) is 40.0. The maximum absolute atomic E-state index is 13.0. The van der Waals surface area contributed by atoms with Crippen LogP contribution in [-0.2, 0) is 75.1 Å². The number of aryl methyl sites for hydroxylation is 8. The number of pyridine rings is 5. The summed E-state index contributed by atoms with van der Waals surface area (Å²) in [4.78, 5) is 110. The molecule has 36 heteroatoms. The third-order valence-electron chi connectivity index (χ3n) is 26.6. The lowest BCUT2D eigenvalue weighted by atomic mass is 9.87. The predicted molar refractivity (Wildman–Crippen MR) is 530 cm³/mol. The topological polar surface area (TPSA) is 468 Å². The molecule has 12 atom stereocenters. The number of amides is 5. The van der Waals surface area contributed by atoms with Crippen LogP contribution in [0.15, 0.2) is 103 Å². The molecule has 4 saturated heterocycles. The summed E-state index contributed by atoms with van der Waals surface area (Å²) in [6.07, 6.45) is 11.8. The quantitative estimate of drug-likeness (QED) is 0.0358. The average Bonchev–Trinajstić information content (AvgIpc) is 1.64. The Morgan fingerprint density at radius 2 is 0.752 bits per heavy atom. The number of methoxy groups -OCH3 is 2. The number of thiophene rings is 4. The van der Waals surface area contributed by atoms with E-state index in [1.54, 1.807) is 20.4 Å². The summed E-state index contributed by atoms with van der Waals surface area (Å²) in [7, 11) is 3.37. The van der Waals surface area contributed by atoms with Crippen LogP contribution >= 0.6 is 45.3 Å². The molecule has 0 saturated carbocycles. The number of anilines is 8. The number of nitrogen functional groups attached to an aromatic ring is 4. The van der Waals surface area contributed by atoms with Gasteiger partial charge in [-0.1, -0.05) is 24.3 Å². The summed E-state index contributed by atoms with van der Waals surface area (Å²) >= 11 is 5.36. The SMILES string of the molecule is CCO[C@@H]1CN(c2ccc3c(c2)CC[C@H](NC(=O)c2sc4nc(C)ccc4c2N)C3)C[C@@H]1N.CCO[C@H]1CN(c2ccc3c(c2)CC[C@H](NC(=O)c2sc4nc(C)ccc4c2N)C3)C[C@H]1N.CO[C@@H]1CN(c2ccc3c(n2)CC[C@H](NC(=O)c2sc4nc(C)ccc4c2N)C3)C[C@@H]1N.CO[C@H]1CN(c2ccc3c(n2)CC[C@H](NC(=O)c2sc4nc(C)cnc4c2N)C3)C[C@@H]1NC(C)=O. The molecule has 10 aromatic heterocycles. The van der Waals surface area contributed by atoms with Crippen LogP contribution in [0.5, 0.6) is 0 Å². The van der Waals surface area contributed by atoms with E-state index in [1.807, 2.05) is 90.1 Å². The summed E-state index contributed by atoms with van der Waals surface area (Å²) in [6.45, 7) is 20.7. The Balaban J connectivity index is 0.000000124. The number of hydrogen-bond acceptors (Lipinski definition) is 31. The minimum atomic E-state index is -0.185. The highest BCUT2D eigenvalue weighted by atomic mass is 32.1. The maximum atomic E-state index is 13.0. The maximum Gasteiger partial charge on any atom is 0.263 e. The Bertz CT molecular complexity index is 6180. The number of carbonyl (C=O) groups is 5. The summed E-state index contributed by atoms with van der Waals surface area (Å²) < 4.78 is 22.6. The number of hydrogen-bond donors (Lipinski definition) is 12. The van der Waals surface area contributed by atoms with Crippen LogP contribution in [0.25, 0.3) is 41.0 Å². The molecule has 12 aromatic rings. The fourth-order valence-electron chi connectivity index (χ4n) is 19.5. The summed E-state index contributed by atoms with van der Waals surface area (Å²) in [5.41, 5.74) is 61.9. The van der Waals surface area contributed by atoms with E-state index in [2.05, 4.69) is 120 Å². The molecule has 4 fully saturated rings. The highest BCUT2D eigenvalue weighted by Crippen LogP contribution is 2.40. The van der Waals surface area contributed by atoms with Gasteiger partial charge in [0, 0.05) is 173 Å². The first-order chi connectivity index (χ1) is 64.1. The number of nitrogens with one attached hydrogen (secondary N) is 5. The van der Waals surface area contributed by atoms with E-state index in [-0.39, 0.29) is 102 Å². The van der Waals surface area contributed by atoms with E-state index < -0.39 is 0 Å². The summed E-state index contributed by atoms with van der Waals surface area (Å²) in [6, 6.07) is 33.4. The normalized spacial score (nSPS) is 22.4. The van der Waals surface area contributed by atoms with Crippen molar-refractivity contribution in [1.82, 2.24) is 61.5 Å². The zero-order chi connectivity index (χ0) is 93.3. The number of benzene rings is 2. The standard InChI is InChI=1S/2C25H31N5O2S.C24H29N7O3S.C23H28N6O2S/c2*1-3-32-21-13-30(12-20(21)26)18-8-6-15-10-17(7-5-16(15)11-18)29-24(31)23-22(27)19-9-4-14(2)28-25(19)33-23;1-12-9-26-21-20(25)22(35-24(21)27-12)23(33)29-15-5-6-16-14(8-15)4-7-19(30-16)31-10-17(28-13(2)32)18(11-31)34-3;1-12-3-6-15-20(25)21(32-23(15)26-12)22(30)27-14-5-7-17-13(9-14)4-8-19(28-17)29-10-16(24)18(11-29)31-2/h2*4,6,8-9,11,17,20-21H,3,5,7,10,12-13,26-27H2,1-2H3,(H,29,31);4,7,9,15,17-18H,5-6,8,10-11,25H2,1-3H3,(H,28,32)(H,29,33);3-4,6,8,14,16,18H,5,7,9-11,24-25H2,1-2H3,(H,27,30)/t17-,20+,21-;17-,20-,21+;15-,17-,18-;14-,16-,18+/m0000/s1. The molecule has 20 rings (SSSR count). The van der Waals surface area contributed by atoms with Gasteiger partial charge in [-0.3, -0.25) is 24.0 Å². The lowest BCUT2D eigenvalue weighted by Crippen LogP contribution is -2.42. The van der Waals surface area contributed by atoms with Crippen molar-refractivity contribution in [2.45, 2.75) is 198 Å². The van der Waals surface area contributed by atoms with Crippen molar-refractivity contribution >= 4 is 162 Å². The molecule has 700 valence electrons. The second-order valence-electron chi connectivity index (χ2n) is 36.0. The molecule has 133 heavy (non-hydrogen) atoms. The predicted octanol–water partition coefficient (Wildman–Crippen LogP) is 9.69. The van der Waals surface area contributed by atoms with Crippen molar-refractivity contribution in [1.29, 1.82) is 0 Å². The molecule has 8 aliphatic rings. The van der Waals surface area contributed by atoms with Crippen LogP contribution in [0.2, 0.25) is 0 Å². The van der Waals surface area contributed by atoms with Crippen LogP contribution in [0.3, 0.4) is 0 Å². The number of rotatable bonds is 19. The van der Waals surface area contributed by atoms with Gasteiger partial charge in [0.15, 0.2) is 0 Å². The van der Waals surface area contributed by atoms with E-state index >= 15 is 0 Å². The van der Waals surface area contributed by atoms with Crippen LogP contribution in [0, 0.1) is 27.7 Å². The third kappa shape index (κ3) is 20.6. The van der Waals surface area contributed by atoms with Gasteiger partial charge in [0.05, 0.1) is 77.0 Å². The van der Waals surface area contributed by atoms with Crippen LogP contribution in [-0.4, -0.2) is 217 Å². The van der Waals surface area contributed by atoms with Gasteiger partial charge in [0.1, 0.15) is 56.0 Å². The van der Waals surface area contributed by atoms with Gasteiger partial charge in [-0.15, -0.1) is 45.3 Å². The molecule has 4 aliphatic carbocycles. The van der Waals surface area contributed by atoms with Crippen molar-refractivity contribution in [3.8, 4) is 0 Å². The van der Waals surface area contributed by atoms with Crippen molar-refractivity contribution in [2.75, 3.05) is 122 Å². The molecule has 0 spiro atoms. The van der Waals surface area contributed by atoms with Gasteiger partial charge in [0.2, 0.25) is 5.91 Å². The zero-order valence-electron chi connectivity index (χ0n) is 76.6. The Kier molecular flexibility index (Phi) is 28.4. The van der Waals surface area contributed by atoms with E-state index in [1.165, 1.54) is 91.5 Å². The van der Waals surface area contributed by atoms with Crippen LogP contribution in [0.4, 0.5) is 45.8 Å². The molecular formula is C97H119N23O9S4. The molecule has 14 heterocycles. The molecule has 4 aliphatic heterocycles. The summed E-state index contributed by atoms with van der Waals surface area (Å²) in [5.74, 6) is 1.24. The zero-order valence-corrected chi connectivity index (χ0v) is 79.8. The smallest absolute Gasteiger partial charge is 0.263 e. The number of aromatic nitrogens is 7. The molecule has 0 radical (unpaired) electrons. The largest absolute Gasteiger partial charge is 0.397 e. The molecule has 5 amide bonds. The van der Waals surface area contributed by atoms with Gasteiger partial charge in [0.25, 0.3) is 23.6 Å². The average molecular weight is 1880 g/mol. The van der Waals surface area contributed by atoms with E-state index in [4.69, 9.17) is 69.1 Å². The minimum absolute atomic E-state index is 0.00197. The Labute approximate surface area is 789 Å². The van der Waals surface area contributed by atoms with E-state index in [0.29, 0.717) is 85.3 Å². The van der Waals surface area contributed by atoms with Crippen LogP contribution in [0.1, 0.15) is 153 Å². The highest BCUT2D eigenvalue weighted by molar-refractivity contribution is 7.22. The first-order valence-corrected chi connectivity index (χ1v) is 49.1. The van der Waals surface area contributed by atoms with Crippen molar-refractivity contribution < 1.29 is 42.9 Å². The number of nitrogens with zero attached hydrogens (tertiary/aromatic N) is 11. The second kappa shape index (κ2) is 40.4. The molecule has 32 nitrogen and oxygen atoms in total. The minimum Gasteiger partial charge on any atom is -0.397 e. The highest BCUT2D eigenvalue weighted by Gasteiger charge is 2.39. The Morgan fingerprint density at radius 3 is 1.17 bits per heavy atom. The first kappa shape index (κ1) is 93.4. The van der Waals surface area contributed by atoms with Gasteiger partial charge in [-0.05, 0) is 225 Å². The number of nitrogens with two attached hydrogens (primary N) is 7. The molecule has 2 aromatic carbocycles.